The number of amides is 1. The Morgan fingerprint density at radius 1 is 1.35 bits per heavy atom. The molecule has 0 radical (unpaired) electrons. The van der Waals surface area contributed by atoms with Crippen LogP contribution in [0.4, 0.5) is 5.82 Å². The molecule has 1 N–H and O–H groups in total. The standard InChI is InChI=1S/C16H10BrClN2O3/c1-8-5-14(19-7-10(8)17)20-16(22)13-6-12(21)9-3-2-4-11(18)15(9)23-13/h2-7H,1H3,(H,19,20,22). The van der Waals surface area contributed by atoms with Gasteiger partial charge in [0.15, 0.2) is 16.8 Å². The van der Waals surface area contributed by atoms with Gasteiger partial charge in [-0.25, -0.2) is 4.98 Å². The molecule has 2 heterocycles. The number of aromatic nitrogens is 1. The molecule has 3 aromatic rings. The molecule has 0 spiro atoms. The molecule has 0 fully saturated rings. The van der Waals surface area contributed by atoms with Gasteiger partial charge in [-0.05, 0) is 46.6 Å². The van der Waals surface area contributed by atoms with Crippen LogP contribution in [0.5, 0.6) is 0 Å². The van der Waals surface area contributed by atoms with Gasteiger partial charge in [0.25, 0.3) is 5.91 Å². The van der Waals surface area contributed by atoms with Crippen LogP contribution in [0.3, 0.4) is 0 Å². The lowest BCUT2D eigenvalue weighted by molar-refractivity contribution is 0.0997. The van der Waals surface area contributed by atoms with E-state index in [2.05, 4.69) is 26.2 Å². The van der Waals surface area contributed by atoms with E-state index in [4.69, 9.17) is 16.0 Å². The maximum Gasteiger partial charge on any atom is 0.292 e. The van der Waals surface area contributed by atoms with Crippen molar-refractivity contribution in [3.63, 3.8) is 0 Å². The van der Waals surface area contributed by atoms with Gasteiger partial charge in [-0.1, -0.05) is 17.7 Å². The fourth-order valence-electron chi connectivity index (χ4n) is 2.04. The Balaban J connectivity index is 1.99. The number of rotatable bonds is 2. The lowest BCUT2D eigenvalue weighted by Crippen LogP contribution is -2.15. The second kappa shape index (κ2) is 6.14. The fourth-order valence-corrected chi connectivity index (χ4v) is 2.47. The Morgan fingerprint density at radius 2 is 2.13 bits per heavy atom. The van der Waals surface area contributed by atoms with Crippen molar-refractivity contribution in [2.24, 2.45) is 0 Å². The average Bonchev–Trinajstić information content (AvgIpc) is 2.52. The minimum absolute atomic E-state index is 0.127. The van der Waals surface area contributed by atoms with Crippen molar-refractivity contribution in [3.8, 4) is 0 Å². The van der Waals surface area contributed by atoms with Crippen LogP contribution < -0.4 is 10.7 Å². The molecule has 0 bridgehead atoms. The minimum atomic E-state index is -0.571. The van der Waals surface area contributed by atoms with Gasteiger partial charge in [0.05, 0.1) is 10.4 Å². The maximum absolute atomic E-state index is 12.3. The van der Waals surface area contributed by atoms with Crippen LogP contribution in [0.15, 0.2) is 50.2 Å². The molecule has 23 heavy (non-hydrogen) atoms. The number of benzene rings is 1. The van der Waals surface area contributed by atoms with E-state index in [1.165, 1.54) is 0 Å². The molecule has 1 amide bonds. The average molecular weight is 394 g/mol. The third-order valence-electron chi connectivity index (χ3n) is 3.22. The lowest BCUT2D eigenvalue weighted by Gasteiger charge is -2.06. The van der Waals surface area contributed by atoms with Crippen molar-refractivity contribution >= 4 is 50.2 Å². The number of nitrogens with one attached hydrogen (secondary N) is 1. The molecule has 0 aliphatic heterocycles. The van der Waals surface area contributed by atoms with Crippen molar-refractivity contribution in [2.75, 3.05) is 5.32 Å². The molecular weight excluding hydrogens is 384 g/mol. The van der Waals surface area contributed by atoms with Gasteiger partial charge < -0.3 is 9.73 Å². The van der Waals surface area contributed by atoms with E-state index in [9.17, 15) is 9.59 Å². The lowest BCUT2D eigenvalue weighted by atomic mass is 10.2. The van der Waals surface area contributed by atoms with Crippen LogP contribution in [0.2, 0.25) is 5.02 Å². The van der Waals surface area contributed by atoms with Gasteiger partial charge in [-0.2, -0.15) is 0 Å². The zero-order valence-corrected chi connectivity index (χ0v) is 14.2. The molecule has 0 unspecified atom stereocenters. The van der Waals surface area contributed by atoms with E-state index in [-0.39, 0.29) is 21.8 Å². The maximum atomic E-state index is 12.3. The molecule has 0 aliphatic rings. The summed E-state index contributed by atoms with van der Waals surface area (Å²) < 4.78 is 6.31. The first kappa shape index (κ1) is 15.7. The third-order valence-corrected chi connectivity index (χ3v) is 4.35. The predicted molar refractivity (Wildman–Crippen MR) is 92.1 cm³/mol. The zero-order valence-electron chi connectivity index (χ0n) is 11.9. The van der Waals surface area contributed by atoms with E-state index >= 15 is 0 Å². The molecule has 5 nitrogen and oxygen atoms in total. The van der Waals surface area contributed by atoms with Crippen molar-refractivity contribution in [2.45, 2.75) is 6.92 Å². The number of hydrogen-bond donors (Lipinski definition) is 1. The van der Waals surface area contributed by atoms with Crippen LogP contribution in [-0.4, -0.2) is 10.9 Å². The summed E-state index contributed by atoms with van der Waals surface area (Å²) in [6.45, 7) is 1.87. The van der Waals surface area contributed by atoms with Gasteiger partial charge >= 0.3 is 0 Å². The Hall–Kier alpha value is -2.18. The minimum Gasteiger partial charge on any atom is -0.449 e. The highest BCUT2D eigenvalue weighted by Crippen LogP contribution is 2.22. The van der Waals surface area contributed by atoms with Crippen molar-refractivity contribution in [3.05, 3.63) is 67.6 Å². The summed E-state index contributed by atoms with van der Waals surface area (Å²) in [5.74, 6) is -0.339. The summed E-state index contributed by atoms with van der Waals surface area (Å²) in [6.07, 6.45) is 1.58. The van der Waals surface area contributed by atoms with Gasteiger partial charge in [-0.15, -0.1) is 0 Å². The molecule has 0 saturated carbocycles. The van der Waals surface area contributed by atoms with Gasteiger partial charge in [0.1, 0.15) is 5.82 Å². The first-order chi connectivity index (χ1) is 11.0. The van der Waals surface area contributed by atoms with Crippen LogP contribution >= 0.6 is 27.5 Å². The van der Waals surface area contributed by atoms with Gasteiger partial charge in [0.2, 0.25) is 0 Å². The zero-order chi connectivity index (χ0) is 16.6. The molecule has 2 aromatic heterocycles. The Labute approximate surface area is 144 Å². The van der Waals surface area contributed by atoms with Crippen molar-refractivity contribution in [1.29, 1.82) is 0 Å². The predicted octanol–water partition coefficient (Wildman–Crippen LogP) is 4.16. The number of anilines is 1. The van der Waals surface area contributed by atoms with E-state index in [0.29, 0.717) is 11.2 Å². The van der Waals surface area contributed by atoms with Crippen LogP contribution in [0, 0.1) is 6.92 Å². The Kier molecular flexibility index (Phi) is 4.19. The van der Waals surface area contributed by atoms with Gasteiger partial charge in [0, 0.05) is 16.7 Å². The molecule has 116 valence electrons. The first-order valence-electron chi connectivity index (χ1n) is 6.61. The summed E-state index contributed by atoms with van der Waals surface area (Å²) in [4.78, 5) is 28.4. The van der Waals surface area contributed by atoms with E-state index in [1.54, 1.807) is 30.5 Å². The third kappa shape index (κ3) is 3.13. The van der Waals surface area contributed by atoms with Crippen molar-refractivity contribution < 1.29 is 9.21 Å². The SMILES string of the molecule is Cc1cc(NC(=O)c2cc(=O)c3cccc(Cl)c3o2)ncc1Br. The topological polar surface area (TPSA) is 72.2 Å². The molecule has 1 aromatic carbocycles. The molecule has 7 heteroatoms. The highest BCUT2D eigenvalue weighted by atomic mass is 79.9. The van der Waals surface area contributed by atoms with Crippen LogP contribution in [-0.2, 0) is 0 Å². The van der Waals surface area contributed by atoms with Gasteiger partial charge in [-0.3, -0.25) is 9.59 Å². The smallest absolute Gasteiger partial charge is 0.292 e. The van der Waals surface area contributed by atoms with E-state index < -0.39 is 5.91 Å². The summed E-state index contributed by atoms with van der Waals surface area (Å²) >= 11 is 9.36. The summed E-state index contributed by atoms with van der Waals surface area (Å²) in [5, 5.41) is 3.19. The molecular formula is C16H10BrClN2O3. The summed E-state index contributed by atoms with van der Waals surface area (Å²) in [6, 6.07) is 7.67. The monoisotopic (exact) mass is 392 g/mol. The van der Waals surface area contributed by atoms with E-state index in [0.717, 1.165) is 16.1 Å². The number of halogens is 2. The number of aryl methyl sites for hydroxylation is 1. The largest absolute Gasteiger partial charge is 0.449 e. The molecule has 0 atom stereocenters. The number of carbonyl (C=O) groups is 1. The number of nitrogens with zero attached hydrogens (tertiary/aromatic N) is 1. The summed E-state index contributed by atoms with van der Waals surface area (Å²) in [7, 11) is 0. The fraction of sp³-hybridized carbons (Fsp3) is 0.0625. The number of para-hydroxylation sites is 1. The Morgan fingerprint density at radius 3 is 2.87 bits per heavy atom. The normalized spacial score (nSPS) is 10.7. The van der Waals surface area contributed by atoms with Crippen LogP contribution in [0.25, 0.3) is 11.0 Å². The number of hydrogen-bond acceptors (Lipinski definition) is 4. The second-order valence-corrected chi connectivity index (χ2v) is 6.13. The van der Waals surface area contributed by atoms with E-state index in [1.807, 2.05) is 6.92 Å². The second-order valence-electron chi connectivity index (χ2n) is 4.86. The number of pyridine rings is 1. The Bertz CT molecular complexity index is 985. The quantitative estimate of drug-likeness (QED) is 0.709. The highest BCUT2D eigenvalue weighted by molar-refractivity contribution is 9.10. The summed E-state index contributed by atoms with van der Waals surface area (Å²) in [5.41, 5.74) is 0.768. The highest BCUT2D eigenvalue weighted by Gasteiger charge is 2.15. The van der Waals surface area contributed by atoms with Crippen LogP contribution in [0.1, 0.15) is 16.1 Å². The van der Waals surface area contributed by atoms with Crippen molar-refractivity contribution in [1.82, 2.24) is 4.98 Å². The number of carbonyl (C=O) groups excluding carboxylic acids is 1. The number of fused-ring (bicyclic) bond motifs is 1. The molecule has 0 aliphatic carbocycles. The molecule has 0 saturated heterocycles. The first-order valence-corrected chi connectivity index (χ1v) is 7.78. The molecule has 3 rings (SSSR count).